The number of rotatable bonds is 1. The summed E-state index contributed by atoms with van der Waals surface area (Å²) in [6.07, 6.45) is 3.29. The van der Waals surface area contributed by atoms with Crippen molar-refractivity contribution in [2.24, 2.45) is 5.92 Å². The molecule has 4 aliphatic heterocycles. The number of carbonyl (C=O) groups is 1. The lowest BCUT2D eigenvalue weighted by atomic mass is 9.86. The van der Waals surface area contributed by atoms with Gasteiger partial charge < -0.3 is 22.0 Å². The fourth-order valence-electron chi connectivity index (χ4n) is 3.90. The molecule has 22 heavy (non-hydrogen) atoms. The Hall–Kier alpha value is -1.26. The van der Waals surface area contributed by atoms with Gasteiger partial charge in [0.05, 0.1) is 0 Å². The lowest BCUT2D eigenvalue weighted by Crippen LogP contribution is -3.00. The van der Waals surface area contributed by atoms with E-state index < -0.39 is 0 Å². The van der Waals surface area contributed by atoms with E-state index in [1.807, 2.05) is 11.0 Å². The van der Waals surface area contributed by atoms with Crippen molar-refractivity contribution in [3.8, 4) is 0 Å². The third-order valence-corrected chi connectivity index (χ3v) is 5.24. The molecule has 0 N–H and O–H groups in total. The van der Waals surface area contributed by atoms with Gasteiger partial charge in [-0.05, 0) is 49.4 Å². The standard InChI is InChI=1S/C17H22N2O2.ClH/c20-17(21-16-12-18-8-5-14(16)6-9-18)19-10-7-13-3-1-2-4-15(13)11-19;/h1-4,14,16H,5-12H2;1H/p-1. The Kier molecular flexibility index (Phi) is 4.59. The van der Waals surface area contributed by atoms with Gasteiger partial charge in [-0.3, -0.25) is 4.90 Å². The van der Waals surface area contributed by atoms with Gasteiger partial charge in [0, 0.05) is 19.6 Å². The third kappa shape index (κ3) is 2.95. The van der Waals surface area contributed by atoms with E-state index in [4.69, 9.17) is 4.74 Å². The lowest BCUT2D eigenvalue weighted by molar-refractivity contribution is -0.0446. The summed E-state index contributed by atoms with van der Waals surface area (Å²) < 4.78 is 5.83. The second-order valence-corrected chi connectivity index (χ2v) is 6.50. The van der Waals surface area contributed by atoms with Crippen LogP contribution in [0.5, 0.6) is 0 Å². The summed E-state index contributed by atoms with van der Waals surface area (Å²) in [7, 11) is 0. The highest BCUT2D eigenvalue weighted by Crippen LogP contribution is 2.30. The minimum atomic E-state index is -0.122. The number of amides is 1. The Morgan fingerprint density at radius 2 is 1.82 bits per heavy atom. The van der Waals surface area contributed by atoms with E-state index >= 15 is 0 Å². The van der Waals surface area contributed by atoms with E-state index in [1.54, 1.807) is 0 Å². The van der Waals surface area contributed by atoms with Crippen LogP contribution < -0.4 is 12.4 Å². The van der Waals surface area contributed by atoms with Crippen LogP contribution in [0, 0.1) is 5.92 Å². The summed E-state index contributed by atoms with van der Waals surface area (Å²) in [6, 6.07) is 8.38. The van der Waals surface area contributed by atoms with Crippen LogP contribution in [0.1, 0.15) is 24.0 Å². The first kappa shape index (κ1) is 15.6. The molecule has 3 fully saturated rings. The third-order valence-electron chi connectivity index (χ3n) is 5.24. The van der Waals surface area contributed by atoms with Crippen LogP contribution in [0.2, 0.25) is 0 Å². The molecule has 3 saturated heterocycles. The summed E-state index contributed by atoms with van der Waals surface area (Å²) in [6.45, 7) is 4.75. The van der Waals surface area contributed by atoms with Crippen LogP contribution in [0.15, 0.2) is 24.3 Å². The molecular formula is C17H22ClN2O2-. The van der Waals surface area contributed by atoms with Gasteiger partial charge in [0.15, 0.2) is 0 Å². The van der Waals surface area contributed by atoms with Crippen molar-refractivity contribution in [1.82, 2.24) is 9.80 Å². The smallest absolute Gasteiger partial charge is 0.410 e. The number of halogens is 1. The van der Waals surface area contributed by atoms with Crippen molar-refractivity contribution in [2.45, 2.75) is 31.9 Å². The fourth-order valence-corrected chi connectivity index (χ4v) is 3.90. The molecule has 1 amide bonds. The van der Waals surface area contributed by atoms with E-state index in [-0.39, 0.29) is 24.6 Å². The van der Waals surface area contributed by atoms with Gasteiger partial charge in [0.25, 0.3) is 0 Å². The van der Waals surface area contributed by atoms with Crippen molar-refractivity contribution in [3.63, 3.8) is 0 Å². The number of benzene rings is 1. The van der Waals surface area contributed by atoms with E-state index in [0.717, 1.165) is 19.5 Å². The molecule has 0 saturated carbocycles. The number of piperidine rings is 3. The Labute approximate surface area is 137 Å². The molecule has 0 radical (unpaired) electrons. The van der Waals surface area contributed by atoms with Gasteiger partial charge in [-0.1, -0.05) is 24.3 Å². The largest absolute Gasteiger partial charge is 1.00 e. The maximum absolute atomic E-state index is 12.4. The second kappa shape index (κ2) is 6.47. The molecule has 0 spiro atoms. The van der Waals surface area contributed by atoms with Crippen LogP contribution in [0.25, 0.3) is 0 Å². The highest BCUT2D eigenvalue weighted by molar-refractivity contribution is 5.68. The van der Waals surface area contributed by atoms with Gasteiger partial charge in [-0.15, -0.1) is 0 Å². The van der Waals surface area contributed by atoms with Crippen LogP contribution in [-0.2, 0) is 17.7 Å². The molecule has 4 nitrogen and oxygen atoms in total. The molecule has 1 atom stereocenters. The maximum Gasteiger partial charge on any atom is 0.410 e. The fraction of sp³-hybridized carbons (Fsp3) is 0.588. The second-order valence-electron chi connectivity index (χ2n) is 6.50. The molecule has 120 valence electrons. The molecule has 0 aromatic heterocycles. The Balaban J connectivity index is 0.00000144. The minimum absolute atomic E-state index is 0. The van der Waals surface area contributed by atoms with Crippen molar-refractivity contribution < 1.29 is 21.9 Å². The zero-order valence-electron chi connectivity index (χ0n) is 12.7. The summed E-state index contributed by atoms with van der Waals surface area (Å²) in [5.74, 6) is 0.580. The van der Waals surface area contributed by atoms with Crippen LogP contribution in [0.3, 0.4) is 0 Å². The average Bonchev–Trinajstić information content (AvgIpc) is 2.55. The summed E-state index contributed by atoms with van der Waals surface area (Å²) >= 11 is 0. The van der Waals surface area contributed by atoms with Gasteiger partial charge >= 0.3 is 6.09 Å². The zero-order chi connectivity index (χ0) is 14.2. The van der Waals surface area contributed by atoms with Crippen LogP contribution in [-0.4, -0.2) is 48.2 Å². The monoisotopic (exact) mass is 321 g/mol. The Morgan fingerprint density at radius 1 is 1.09 bits per heavy atom. The molecule has 1 aromatic rings. The molecule has 0 aliphatic carbocycles. The number of hydrogen-bond donors (Lipinski definition) is 0. The Bertz CT molecular complexity index is 543. The predicted molar refractivity (Wildman–Crippen MR) is 80.0 cm³/mol. The quantitative estimate of drug-likeness (QED) is 0.684. The first-order valence-corrected chi connectivity index (χ1v) is 8.04. The summed E-state index contributed by atoms with van der Waals surface area (Å²) in [5, 5.41) is 0. The molecule has 5 heteroatoms. The highest BCUT2D eigenvalue weighted by atomic mass is 35.5. The van der Waals surface area contributed by atoms with Crippen molar-refractivity contribution >= 4 is 6.09 Å². The van der Waals surface area contributed by atoms with Crippen LogP contribution in [0.4, 0.5) is 4.79 Å². The van der Waals surface area contributed by atoms with Crippen molar-refractivity contribution in [3.05, 3.63) is 35.4 Å². The van der Waals surface area contributed by atoms with E-state index in [9.17, 15) is 4.79 Å². The van der Waals surface area contributed by atoms with Crippen molar-refractivity contribution in [1.29, 1.82) is 0 Å². The molecule has 2 bridgehead atoms. The first-order valence-electron chi connectivity index (χ1n) is 8.04. The average molecular weight is 322 g/mol. The van der Waals surface area contributed by atoms with E-state index in [2.05, 4.69) is 23.1 Å². The number of carbonyl (C=O) groups excluding carboxylic acids is 1. The van der Waals surface area contributed by atoms with Gasteiger partial charge in [0.2, 0.25) is 0 Å². The lowest BCUT2D eigenvalue weighted by Gasteiger charge is -2.44. The van der Waals surface area contributed by atoms with E-state index in [1.165, 1.54) is 37.1 Å². The number of fused-ring (bicyclic) bond motifs is 4. The highest BCUT2D eigenvalue weighted by Gasteiger charge is 2.37. The van der Waals surface area contributed by atoms with Gasteiger partial charge in [0.1, 0.15) is 6.10 Å². The SMILES string of the molecule is O=C(OC1CN2CCC1CC2)N1CCc2ccccc2C1.[Cl-]. The predicted octanol–water partition coefficient (Wildman–Crippen LogP) is -0.720. The maximum atomic E-state index is 12.4. The van der Waals surface area contributed by atoms with Crippen LogP contribution >= 0.6 is 0 Å². The number of nitrogens with zero attached hydrogens (tertiary/aromatic N) is 2. The summed E-state index contributed by atoms with van der Waals surface area (Å²) in [4.78, 5) is 16.7. The molecule has 4 aliphatic rings. The minimum Gasteiger partial charge on any atom is -1.00 e. The Morgan fingerprint density at radius 3 is 2.50 bits per heavy atom. The topological polar surface area (TPSA) is 32.8 Å². The molecule has 4 heterocycles. The zero-order valence-corrected chi connectivity index (χ0v) is 13.5. The van der Waals surface area contributed by atoms with Gasteiger partial charge in [-0.25, -0.2) is 4.79 Å². The summed E-state index contributed by atoms with van der Waals surface area (Å²) in [5.41, 5.74) is 2.62. The molecule has 1 unspecified atom stereocenters. The first-order chi connectivity index (χ1) is 10.3. The normalized spacial score (nSPS) is 29.5. The molecular weight excluding hydrogens is 300 g/mol. The number of ether oxygens (including phenoxy) is 1. The molecule has 1 aromatic carbocycles. The molecule has 5 rings (SSSR count). The van der Waals surface area contributed by atoms with Gasteiger partial charge in [-0.2, -0.15) is 0 Å². The van der Waals surface area contributed by atoms with E-state index in [0.29, 0.717) is 12.5 Å². The van der Waals surface area contributed by atoms with Crippen molar-refractivity contribution in [2.75, 3.05) is 26.2 Å². The number of hydrogen-bond acceptors (Lipinski definition) is 3.